The van der Waals surface area contributed by atoms with Crippen molar-refractivity contribution in [1.82, 2.24) is 4.90 Å². The van der Waals surface area contributed by atoms with Crippen molar-refractivity contribution >= 4 is 17.9 Å². The molecule has 3 aromatic rings. The second-order valence-electron chi connectivity index (χ2n) is 7.76. The Balaban J connectivity index is 1.82. The molecule has 0 aliphatic carbocycles. The van der Waals surface area contributed by atoms with Crippen LogP contribution in [0.2, 0.25) is 0 Å². The van der Waals surface area contributed by atoms with Crippen LogP contribution in [0.15, 0.2) is 96.1 Å². The molecule has 3 aromatic carbocycles. The lowest BCUT2D eigenvalue weighted by atomic mass is 9.84. The minimum absolute atomic E-state index is 0.0330. The van der Waals surface area contributed by atoms with Crippen LogP contribution in [0.1, 0.15) is 23.1 Å². The van der Waals surface area contributed by atoms with Crippen LogP contribution >= 0.6 is 11.8 Å². The standard InChI is InChI=1S/C25H24N4O2S/c26-28-27-17-22-16-23(18-29(22)24(30)31)32-25(19-10-4-1-5-11-19,20-12-6-2-7-13-20)21-14-8-3-9-15-21/h1-15,22-23H,16-18H2,(H,30,31)/t22-,23+/m0/s1. The molecule has 0 saturated carbocycles. The maximum atomic E-state index is 11.9. The molecule has 0 bridgehead atoms. The summed E-state index contributed by atoms with van der Waals surface area (Å²) in [5.41, 5.74) is 12.2. The summed E-state index contributed by atoms with van der Waals surface area (Å²) in [6.07, 6.45) is -0.347. The molecule has 6 nitrogen and oxygen atoms in total. The Bertz CT molecular complexity index is 992. The van der Waals surface area contributed by atoms with E-state index in [1.165, 1.54) is 4.90 Å². The molecule has 0 radical (unpaired) electrons. The van der Waals surface area contributed by atoms with Gasteiger partial charge in [0.05, 0.1) is 4.75 Å². The van der Waals surface area contributed by atoms with Crippen LogP contribution in [0.4, 0.5) is 4.79 Å². The van der Waals surface area contributed by atoms with Crippen LogP contribution in [-0.2, 0) is 4.75 Å². The first kappa shape index (κ1) is 21.8. The number of carboxylic acid groups (broad SMARTS) is 1. The third-order valence-electron chi connectivity index (χ3n) is 5.86. The summed E-state index contributed by atoms with van der Waals surface area (Å²) in [5.74, 6) is 0. The van der Waals surface area contributed by atoms with Gasteiger partial charge in [0, 0.05) is 29.3 Å². The molecule has 1 saturated heterocycles. The summed E-state index contributed by atoms with van der Waals surface area (Å²) in [4.78, 5) is 16.1. The predicted molar refractivity (Wildman–Crippen MR) is 128 cm³/mol. The molecule has 1 heterocycles. The number of benzene rings is 3. The lowest BCUT2D eigenvalue weighted by Crippen LogP contribution is -2.36. The molecule has 1 amide bonds. The molecule has 2 atom stereocenters. The Hall–Kier alpha value is -3.41. The van der Waals surface area contributed by atoms with E-state index >= 15 is 0 Å². The van der Waals surface area contributed by atoms with Gasteiger partial charge in [0.15, 0.2) is 0 Å². The molecule has 0 unspecified atom stereocenters. The van der Waals surface area contributed by atoms with Gasteiger partial charge >= 0.3 is 6.09 Å². The topological polar surface area (TPSA) is 89.3 Å². The molecule has 1 N–H and O–H groups in total. The Morgan fingerprint density at radius 1 is 0.969 bits per heavy atom. The van der Waals surface area contributed by atoms with Crippen LogP contribution in [0.5, 0.6) is 0 Å². The highest BCUT2D eigenvalue weighted by Crippen LogP contribution is 2.52. The number of hydrogen-bond acceptors (Lipinski definition) is 3. The van der Waals surface area contributed by atoms with E-state index < -0.39 is 10.8 Å². The second kappa shape index (κ2) is 9.81. The maximum Gasteiger partial charge on any atom is 0.407 e. The first-order chi connectivity index (χ1) is 15.6. The number of azide groups is 1. The average molecular weight is 445 g/mol. The fourth-order valence-corrected chi connectivity index (χ4v) is 6.34. The van der Waals surface area contributed by atoms with Gasteiger partial charge in [0.1, 0.15) is 0 Å². The van der Waals surface area contributed by atoms with Crippen LogP contribution in [0.25, 0.3) is 10.4 Å². The molecule has 7 heteroatoms. The monoisotopic (exact) mass is 444 g/mol. The fourth-order valence-electron chi connectivity index (χ4n) is 4.47. The number of thioether (sulfide) groups is 1. The first-order valence-corrected chi connectivity index (χ1v) is 11.4. The summed E-state index contributed by atoms with van der Waals surface area (Å²) < 4.78 is -0.508. The molecule has 0 spiro atoms. The van der Waals surface area contributed by atoms with E-state index in [0.29, 0.717) is 13.0 Å². The van der Waals surface area contributed by atoms with Gasteiger partial charge in [-0.3, -0.25) is 0 Å². The second-order valence-corrected chi connectivity index (χ2v) is 9.27. The first-order valence-electron chi connectivity index (χ1n) is 10.5. The van der Waals surface area contributed by atoms with Gasteiger partial charge in [0.2, 0.25) is 0 Å². The summed E-state index contributed by atoms with van der Waals surface area (Å²) >= 11 is 1.78. The van der Waals surface area contributed by atoms with E-state index in [4.69, 9.17) is 5.53 Å². The molecule has 1 aliphatic heterocycles. The van der Waals surface area contributed by atoms with Crippen LogP contribution < -0.4 is 0 Å². The molecule has 162 valence electrons. The molecule has 1 fully saturated rings. The Labute approximate surface area is 191 Å². The SMILES string of the molecule is [N-]=[N+]=NC[C@@H]1C[C@@H](SC(c2ccccc2)(c2ccccc2)c2ccccc2)CN1C(=O)O. The number of amides is 1. The summed E-state index contributed by atoms with van der Waals surface area (Å²) in [6.45, 7) is 0.536. The molecular weight excluding hydrogens is 420 g/mol. The molecule has 1 aliphatic rings. The maximum absolute atomic E-state index is 11.9. The highest BCUT2D eigenvalue weighted by atomic mass is 32.2. The van der Waals surface area contributed by atoms with Gasteiger partial charge in [-0.1, -0.05) is 96.1 Å². The summed E-state index contributed by atoms with van der Waals surface area (Å²) in [6, 6.07) is 30.7. The van der Waals surface area contributed by atoms with Crippen molar-refractivity contribution in [2.45, 2.75) is 22.5 Å². The number of likely N-dealkylation sites (tertiary alicyclic amines) is 1. The van der Waals surface area contributed by atoms with Crippen LogP contribution in [-0.4, -0.2) is 40.5 Å². The van der Waals surface area contributed by atoms with Gasteiger partial charge in [-0.05, 0) is 28.6 Å². The van der Waals surface area contributed by atoms with E-state index in [0.717, 1.165) is 16.7 Å². The van der Waals surface area contributed by atoms with Crippen molar-refractivity contribution in [3.05, 3.63) is 118 Å². The van der Waals surface area contributed by atoms with Gasteiger partial charge in [-0.2, -0.15) is 0 Å². The summed E-state index contributed by atoms with van der Waals surface area (Å²) in [5, 5.41) is 13.4. The van der Waals surface area contributed by atoms with E-state index in [1.54, 1.807) is 11.8 Å². The zero-order valence-corrected chi connectivity index (χ0v) is 18.3. The smallest absolute Gasteiger partial charge is 0.407 e. The van der Waals surface area contributed by atoms with Crippen LogP contribution in [0.3, 0.4) is 0 Å². The van der Waals surface area contributed by atoms with Crippen LogP contribution in [0, 0.1) is 0 Å². The molecule has 32 heavy (non-hydrogen) atoms. The number of carbonyl (C=O) groups is 1. The molecule has 4 rings (SSSR count). The van der Waals surface area contributed by atoms with Crippen molar-refractivity contribution in [1.29, 1.82) is 0 Å². The summed E-state index contributed by atoms with van der Waals surface area (Å²) in [7, 11) is 0. The third kappa shape index (κ3) is 4.31. The van der Waals surface area contributed by atoms with E-state index in [9.17, 15) is 9.90 Å². The Kier molecular flexibility index (Phi) is 6.69. The van der Waals surface area contributed by atoms with Gasteiger partial charge in [0.25, 0.3) is 0 Å². The lowest BCUT2D eigenvalue weighted by Gasteiger charge is -2.37. The highest BCUT2D eigenvalue weighted by molar-refractivity contribution is 8.01. The molecular formula is C25H24N4O2S. The quantitative estimate of drug-likeness (QED) is 0.205. The van der Waals surface area contributed by atoms with E-state index in [-0.39, 0.29) is 17.8 Å². The average Bonchev–Trinajstić information content (AvgIpc) is 3.26. The van der Waals surface area contributed by atoms with Gasteiger partial charge in [-0.25, -0.2) is 4.79 Å². The van der Waals surface area contributed by atoms with Crippen molar-refractivity contribution in [3.8, 4) is 0 Å². The largest absolute Gasteiger partial charge is 0.465 e. The van der Waals surface area contributed by atoms with Crippen molar-refractivity contribution in [2.24, 2.45) is 5.11 Å². The number of rotatable bonds is 7. The number of hydrogen-bond donors (Lipinski definition) is 1. The van der Waals surface area contributed by atoms with Gasteiger partial charge in [-0.15, -0.1) is 11.8 Å². The lowest BCUT2D eigenvalue weighted by molar-refractivity contribution is 0.141. The zero-order valence-electron chi connectivity index (χ0n) is 17.5. The van der Waals surface area contributed by atoms with Crippen molar-refractivity contribution in [3.63, 3.8) is 0 Å². The third-order valence-corrected chi connectivity index (χ3v) is 7.60. The van der Waals surface area contributed by atoms with Crippen molar-refractivity contribution in [2.75, 3.05) is 13.1 Å². The number of nitrogens with zero attached hydrogens (tertiary/aromatic N) is 4. The Morgan fingerprint density at radius 3 is 1.84 bits per heavy atom. The normalized spacial score (nSPS) is 18.2. The Morgan fingerprint density at radius 2 is 1.44 bits per heavy atom. The van der Waals surface area contributed by atoms with Crippen molar-refractivity contribution < 1.29 is 9.90 Å². The van der Waals surface area contributed by atoms with E-state index in [1.807, 2.05) is 54.6 Å². The zero-order chi connectivity index (χ0) is 22.4. The highest BCUT2D eigenvalue weighted by Gasteiger charge is 2.44. The van der Waals surface area contributed by atoms with Gasteiger partial charge < -0.3 is 10.0 Å². The fraction of sp³-hybridized carbons (Fsp3) is 0.240. The van der Waals surface area contributed by atoms with E-state index in [2.05, 4.69) is 46.4 Å². The molecule has 0 aromatic heterocycles. The predicted octanol–water partition coefficient (Wildman–Crippen LogP) is 6.14. The minimum atomic E-state index is -0.976. The minimum Gasteiger partial charge on any atom is -0.465 e.